The second kappa shape index (κ2) is 9.41. The lowest BCUT2D eigenvalue weighted by molar-refractivity contribution is -0.155. The van der Waals surface area contributed by atoms with Crippen LogP contribution in [0.25, 0.3) is 27.7 Å². The minimum atomic E-state index is -1.18. The van der Waals surface area contributed by atoms with E-state index in [2.05, 4.69) is 0 Å². The number of esters is 1. The molecule has 2 aliphatic rings. The van der Waals surface area contributed by atoms with E-state index in [4.69, 9.17) is 18.3 Å². The van der Waals surface area contributed by atoms with Crippen LogP contribution >= 0.6 is 0 Å². The zero-order valence-electron chi connectivity index (χ0n) is 21.6. The van der Waals surface area contributed by atoms with Crippen molar-refractivity contribution in [2.45, 2.75) is 19.1 Å². The SMILES string of the molecule is O=C1OC2Oc3ccc(Cc4cc(=O)oc5cc(O)ccc45)cc3C(O)=C2C=C1Cc1cc(=O)oc2cccc(O)c12. The van der Waals surface area contributed by atoms with Crippen LogP contribution in [0.1, 0.15) is 22.3 Å². The predicted molar refractivity (Wildman–Crippen MR) is 149 cm³/mol. The number of aliphatic hydroxyl groups is 1. The maximum Gasteiger partial charge on any atom is 0.337 e. The van der Waals surface area contributed by atoms with E-state index in [-0.39, 0.29) is 46.0 Å². The Morgan fingerprint density at radius 3 is 2.36 bits per heavy atom. The van der Waals surface area contributed by atoms with E-state index in [1.165, 1.54) is 48.5 Å². The smallest absolute Gasteiger partial charge is 0.337 e. The molecular formula is C32H20O10. The molecule has 4 heterocycles. The van der Waals surface area contributed by atoms with Gasteiger partial charge in [-0.15, -0.1) is 0 Å². The quantitative estimate of drug-likeness (QED) is 0.208. The first kappa shape index (κ1) is 25.2. The van der Waals surface area contributed by atoms with Crippen molar-refractivity contribution >= 4 is 33.7 Å². The lowest BCUT2D eigenvalue weighted by atomic mass is 9.94. The largest absolute Gasteiger partial charge is 0.508 e. The monoisotopic (exact) mass is 564 g/mol. The van der Waals surface area contributed by atoms with Gasteiger partial charge >= 0.3 is 17.2 Å². The van der Waals surface area contributed by atoms with Crippen LogP contribution in [0.15, 0.2) is 102 Å². The van der Waals surface area contributed by atoms with Gasteiger partial charge in [-0.05, 0) is 65.6 Å². The molecule has 42 heavy (non-hydrogen) atoms. The Labute approximate surface area is 235 Å². The predicted octanol–water partition coefficient (Wildman–Crippen LogP) is 4.61. The third-order valence-corrected chi connectivity index (χ3v) is 7.28. The van der Waals surface area contributed by atoms with Gasteiger partial charge in [-0.25, -0.2) is 14.4 Å². The van der Waals surface area contributed by atoms with Gasteiger partial charge in [0, 0.05) is 35.6 Å². The maximum absolute atomic E-state index is 12.9. The van der Waals surface area contributed by atoms with Crippen LogP contribution in [0.2, 0.25) is 0 Å². The number of rotatable bonds is 4. The second-order valence-corrected chi connectivity index (χ2v) is 10.0. The van der Waals surface area contributed by atoms with Gasteiger partial charge in [-0.2, -0.15) is 0 Å². The van der Waals surface area contributed by atoms with E-state index < -0.39 is 23.5 Å². The molecule has 3 N–H and O–H groups in total. The molecular weight excluding hydrogens is 544 g/mol. The third-order valence-electron chi connectivity index (χ3n) is 7.28. The number of carbonyl (C=O) groups is 1. The molecule has 3 aromatic carbocycles. The van der Waals surface area contributed by atoms with Gasteiger partial charge in [-0.1, -0.05) is 12.1 Å². The van der Waals surface area contributed by atoms with Gasteiger partial charge in [0.25, 0.3) is 6.29 Å². The van der Waals surface area contributed by atoms with Crippen LogP contribution < -0.4 is 16.0 Å². The number of fused-ring (bicyclic) bond motifs is 4. The standard InChI is InChI=1S/C32H20O10/c33-19-5-6-20-16(12-27(35)40-26(20)14-19)8-15-4-7-24-21(9-15)30(37)22-11-18(31(38)42-32(22)41-24)10-17-13-28(36)39-25-3-1-2-23(34)29(17)25/h1-7,9,11-14,32-34,37H,8,10H2. The molecule has 0 bridgehead atoms. The van der Waals surface area contributed by atoms with Crippen LogP contribution in [0.5, 0.6) is 17.2 Å². The molecule has 208 valence electrons. The van der Waals surface area contributed by atoms with Crippen molar-refractivity contribution in [3.05, 3.63) is 127 Å². The Morgan fingerprint density at radius 2 is 1.52 bits per heavy atom. The number of ether oxygens (including phenoxy) is 2. The molecule has 2 aromatic heterocycles. The van der Waals surface area contributed by atoms with E-state index in [1.807, 2.05) is 0 Å². The summed E-state index contributed by atoms with van der Waals surface area (Å²) >= 11 is 0. The van der Waals surface area contributed by atoms with Crippen molar-refractivity contribution in [1.29, 1.82) is 0 Å². The topological polar surface area (TPSA) is 157 Å². The summed E-state index contributed by atoms with van der Waals surface area (Å²) < 4.78 is 21.8. The number of hydrogen-bond donors (Lipinski definition) is 3. The van der Waals surface area contributed by atoms with E-state index in [0.717, 1.165) is 5.56 Å². The Kier molecular flexibility index (Phi) is 5.65. The Hall–Kier alpha value is -5.77. The normalized spacial score (nSPS) is 16.0. The van der Waals surface area contributed by atoms with Crippen molar-refractivity contribution < 1.29 is 38.4 Å². The molecule has 0 saturated heterocycles. The van der Waals surface area contributed by atoms with E-state index >= 15 is 0 Å². The van der Waals surface area contributed by atoms with Gasteiger partial charge in [0.05, 0.1) is 16.5 Å². The first-order valence-electron chi connectivity index (χ1n) is 12.9. The van der Waals surface area contributed by atoms with Crippen molar-refractivity contribution in [2.75, 3.05) is 0 Å². The molecule has 10 nitrogen and oxygen atoms in total. The number of hydrogen-bond acceptors (Lipinski definition) is 10. The highest BCUT2D eigenvalue weighted by molar-refractivity contribution is 5.95. The van der Waals surface area contributed by atoms with Gasteiger partial charge < -0.3 is 33.6 Å². The summed E-state index contributed by atoms with van der Waals surface area (Å²) in [6.45, 7) is 0. The maximum atomic E-state index is 12.9. The lowest BCUT2D eigenvalue weighted by Gasteiger charge is -2.30. The summed E-state index contributed by atoms with van der Waals surface area (Å²) in [6.07, 6.45) is 0.523. The Balaban J connectivity index is 1.27. The molecule has 0 radical (unpaired) electrons. The minimum Gasteiger partial charge on any atom is -0.508 e. The Bertz CT molecular complexity index is 2150. The fraction of sp³-hybridized carbons (Fsp3) is 0.0938. The van der Waals surface area contributed by atoms with Gasteiger partial charge in [-0.3, -0.25) is 0 Å². The number of phenolic OH excluding ortho intramolecular Hbond substituents is 2. The van der Waals surface area contributed by atoms with Gasteiger partial charge in [0.15, 0.2) is 0 Å². The van der Waals surface area contributed by atoms with E-state index in [1.54, 1.807) is 24.3 Å². The molecule has 0 fully saturated rings. The second-order valence-electron chi connectivity index (χ2n) is 10.0. The van der Waals surface area contributed by atoms with E-state index in [9.17, 15) is 29.7 Å². The Morgan fingerprint density at radius 1 is 0.738 bits per heavy atom. The lowest BCUT2D eigenvalue weighted by Crippen LogP contribution is -2.34. The molecule has 5 aromatic rings. The zero-order chi connectivity index (χ0) is 29.1. The summed E-state index contributed by atoms with van der Waals surface area (Å²) in [5.74, 6) is -0.695. The van der Waals surface area contributed by atoms with Crippen LogP contribution in [0, 0.1) is 0 Å². The highest BCUT2D eigenvalue weighted by Crippen LogP contribution is 2.40. The summed E-state index contributed by atoms with van der Waals surface area (Å²) in [6, 6.07) is 16.8. The summed E-state index contributed by atoms with van der Waals surface area (Å²) in [7, 11) is 0. The molecule has 2 aliphatic heterocycles. The fourth-order valence-electron chi connectivity index (χ4n) is 5.40. The van der Waals surface area contributed by atoms with Crippen molar-refractivity contribution in [3.63, 3.8) is 0 Å². The first-order valence-corrected chi connectivity index (χ1v) is 12.9. The average molecular weight is 565 g/mol. The highest BCUT2D eigenvalue weighted by Gasteiger charge is 2.36. The minimum absolute atomic E-state index is 0.0267. The van der Waals surface area contributed by atoms with Crippen molar-refractivity contribution in [1.82, 2.24) is 0 Å². The first-order chi connectivity index (χ1) is 20.2. The molecule has 7 rings (SSSR count). The molecule has 10 heteroatoms. The molecule has 1 unspecified atom stereocenters. The number of benzene rings is 3. The molecule has 0 aliphatic carbocycles. The van der Waals surface area contributed by atoms with Crippen molar-refractivity contribution in [3.8, 4) is 17.2 Å². The van der Waals surface area contributed by atoms with Crippen molar-refractivity contribution in [2.24, 2.45) is 0 Å². The molecule has 0 saturated carbocycles. The summed E-state index contributed by atoms with van der Waals surface area (Å²) in [5.41, 5.74) is 1.71. The molecule has 0 amide bonds. The number of phenols is 2. The van der Waals surface area contributed by atoms with Crippen LogP contribution in [-0.4, -0.2) is 27.6 Å². The average Bonchev–Trinajstić information content (AvgIpc) is 2.94. The fourth-order valence-corrected chi connectivity index (χ4v) is 5.40. The van der Waals surface area contributed by atoms with Crippen LogP contribution in [0.3, 0.4) is 0 Å². The number of aromatic hydroxyl groups is 2. The zero-order valence-corrected chi connectivity index (χ0v) is 21.6. The summed E-state index contributed by atoms with van der Waals surface area (Å²) in [5, 5.41) is 32.4. The molecule has 0 spiro atoms. The highest BCUT2D eigenvalue weighted by atomic mass is 16.7. The molecule has 1 atom stereocenters. The van der Waals surface area contributed by atoms with Crippen LogP contribution in [0.4, 0.5) is 0 Å². The van der Waals surface area contributed by atoms with E-state index in [0.29, 0.717) is 39.6 Å². The summed E-state index contributed by atoms with van der Waals surface area (Å²) in [4.78, 5) is 37.2. The van der Waals surface area contributed by atoms with Gasteiger partial charge in [0.1, 0.15) is 34.2 Å². The third kappa shape index (κ3) is 4.26. The number of aliphatic hydroxyl groups excluding tert-OH is 1. The number of carbonyl (C=O) groups excluding carboxylic acids is 1. The van der Waals surface area contributed by atoms with Crippen LogP contribution in [-0.2, 0) is 22.4 Å². The van der Waals surface area contributed by atoms with Gasteiger partial charge in [0.2, 0.25) is 0 Å².